The van der Waals surface area contributed by atoms with Gasteiger partial charge >= 0.3 is 5.97 Å². The monoisotopic (exact) mass is 294 g/mol. The van der Waals surface area contributed by atoms with Crippen molar-refractivity contribution in [3.8, 4) is 0 Å². The number of thioether (sulfide) groups is 1. The van der Waals surface area contributed by atoms with Gasteiger partial charge in [-0.1, -0.05) is 12.1 Å². The molecule has 1 unspecified atom stereocenters. The zero-order valence-corrected chi connectivity index (χ0v) is 11.7. The lowest BCUT2D eigenvalue weighted by Gasteiger charge is -2.10. The molecule has 1 heterocycles. The number of amides is 2. The van der Waals surface area contributed by atoms with Gasteiger partial charge in [0, 0.05) is 6.42 Å². The summed E-state index contributed by atoms with van der Waals surface area (Å²) in [5.41, 5.74) is 0.666. The van der Waals surface area contributed by atoms with Gasteiger partial charge in [0.1, 0.15) is 0 Å². The van der Waals surface area contributed by atoms with Crippen molar-refractivity contribution in [2.75, 3.05) is 18.3 Å². The zero-order chi connectivity index (χ0) is 14.5. The van der Waals surface area contributed by atoms with Crippen LogP contribution in [0.15, 0.2) is 24.3 Å². The minimum atomic E-state index is -0.520. The lowest BCUT2D eigenvalue weighted by atomic mass is 10.1. The van der Waals surface area contributed by atoms with Gasteiger partial charge in [-0.15, -0.1) is 11.8 Å². The number of para-hydroxylation sites is 1. The molecule has 1 saturated heterocycles. The van der Waals surface area contributed by atoms with Gasteiger partial charge in [0.25, 0.3) is 0 Å². The molecular formula is C13H14N2O4S. The second kappa shape index (κ2) is 6.42. The highest BCUT2D eigenvalue weighted by Gasteiger charge is 2.27. The predicted octanol–water partition coefficient (Wildman–Crippen LogP) is 0.991. The van der Waals surface area contributed by atoms with E-state index < -0.39 is 5.97 Å². The molecular weight excluding hydrogens is 280 g/mol. The maximum atomic E-state index is 11.9. The Labute approximate surface area is 120 Å². The van der Waals surface area contributed by atoms with E-state index in [1.807, 2.05) is 0 Å². The highest BCUT2D eigenvalue weighted by molar-refractivity contribution is 8.01. The number of carbonyl (C=O) groups is 3. The standard InChI is InChI=1S/C13H14N2O4S/c1-19-13(18)8-4-2-3-5-9(8)15-11(16)6-10-12(17)14-7-20-10/h2-5,10H,6-7H2,1H3,(H,14,17)(H,15,16). The van der Waals surface area contributed by atoms with E-state index in [4.69, 9.17) is 0 Å². The third-order valence-corrected chi connectivity index (χ3v) is 3.89. The number of esters is 1. The fourth-order valence-electron chi connectivity index (χ4n) is 1.80. The number of rotatable bonds is 4. The van der Waals surface area contributed by atoms with Crippen LogP contribution in [0.2, 0.25) is 0 Å². The Hall–Kier alpha value is -2.02. The molecule has 0 saturated carbocycles. The van der Waals surface area contributed by atoms with Crippen LogP contribution >= 0.6 is 11.8 Å². The molecule has 0 aliphatic carbocycles. The Morgan fingerprint density at radius 3 is 2.85 bits per heavy atom. The van der Waals surface area contributed by atoms with Crippen LogP contribution < -0.4 is 10.6 Å². The molecule has 0 radical (unpaired) electrons. The summed E-state index contributed by atoms with van der Waals surface area (Å²) in [7, 11) is 1.28. The van der Waals surface area contributed by atoms with E-state index in [9.17, 15) is 14.4 Å². The quantitative estimate of drug-likeness (QED) is 0.809. The molecule has 1 aliphatic rings. The summed E-state index contributed by atoms with van der Waals surface area (Å²) in [6.07, 6.45) is 0.0754. The predicted molar refractivity (Wildman–Crippen MR) is 75.4 cm³/mol. The van der Waals surface area contributed by atoms with Crippen LogP contribution in [0.4, 0.5) is 5.69 Å². The molecule has 1 aliphatic heterocycles. The highest BCUT2D eigenvalue weighted by atomic mass is 32.2. The number of anilines is 1. The van der Waals surface area contributed by atoms with Crippen molar-refractivity contribution in [1.29, 1.82) is 0 Å². The van der Waals surface area contributed by atoms with Gasteiger partial charge in [-0.2, -0.15) is 0 Å². The average Bonchev–Trinajstić information content (AvgIpc) is 2.84. The van der Waals surface area contributed by atoms with Crippen LogP contribution in [0.25, 0.3) is 0 Å². The van der Waals surface area contributed by atoms with Crippen LogP contribution in [-0.4, -0.2) is 36.0 Å². The molecule has 106 valence electrons. The second-order valence-electron chi connectivity index (χ2n) is 4.13. The van der Waals surface area contributed by atoms with Crippen molar-refractivity contribution < 1.29 is 19.1 Å². The summed E-state index contributed by atoms with van der Waals surface area (Å²) in [6, 6.07) is 6.58. The van der Waals surface area contributed by atoms with Crippen LogP contribution in [0.5, 0.6) is 0 Å². The minimum absolute atomic E-state index is 0.0754. The van der Waals surface area contributed by atoms with Crippen molar-refractivity contribution >= 4 is 35.2 Å². The number of nitrogens with one attached hydrogen (secondary N) is 2. The van der Waals surface area contributed by atoms with E-state index >= 15 is 0 Å². The SMILES string of the molecule is COC(=O)c1ccccc1NC(=O)CC1SCNC1=O. The number of hydrogen-bond donors (Lipinski definition) is 2. The molecule has 2 N–H and O–H groups in total. The summed E-state index contributed by atoms with van der Waals surface area (Å²) in [5.74, 6) is -0.439. The van der Waals surface area contributed by atoms with Crippen LogP contribution in [0.3, 0.4) is 0 Å². The Balaban J connectivity index is 2.04. The summed E-state index contributed by atoms with van der Waals surface area (Å²) in [5, 5.41) is 4.91. The van der Waals surface area contributed by atoms with Crippen molar-refractivity contribution in [3.05, 3.63) is 29.8 Å². The number of hydrogen-bond acceptors (Lipinski definition) is 5. The van der Waals surface area contributed by atoms with Crippen molar-refractivity contribution in [3.63, 3.8) is 0 Å². The lowest BCUT2D eigenvalue weighted by molar-refractivity contribution is -0.123. The van der Waals surface area contributed by atoms with Gasteiger partial charge in [-0.3, -0.25) is 9.59 Å². The third-order valence-electron chi connectivity index (χ3n) is 2.80. The molecule has 20 heavy (non-hydrogen) atoms. The van der Waals surface area contributed by atoms with E-state index in [2.05, 4.69) is 15.4 Å². The first-order chi connectivity index (χ1) is 9.61. The third kappa shape index (κ3) is 3.30. The lowest BCUT2D eigenvalue weighted by Crippen LogP contribution is -2.27. The largest absolute Gasteiger partial charge is 0.465 e. The molecule has 7 heteroatoms. The van der Waals surface area contributed by atoms with E-state index in [-0.39, 0.29) is 29.0 Å². The normalized spacial score (nSPS) is 17.4. The molecule has 2 amide bonds. The Bertz CT molecular complexity index is 547. The van der Waals surface area contributed by atoms with Crippen molar-refractivity contribution in [2.45, 2.75) is 11.7 Å². The van der Waals surface area contributed by atoms with Crippen molar-refractivity contribution in [1.82, 2.24) is 5.32 Å². The molecule has 0 spiro atoms. The van der Waals surface area contributed by atoms with Crippen LogP contribution in [0, 0.1) is 0 Å². The van der Waals surface area contributed by atoms with Gasteiger partial charge in [0.05, 0.1) is 29.5 Å². The molecule has 1 atom stereocenters. The van der Waals surface area contributed by atoms with Gasteiger partial charge in [0.2, 0.25) is 11.8 Å². The molecule has 6 nitrogen and oxygen atoms in total. The van der Waals surface area contributed by atoms with E-state index in [1.165, 1.54) is 18.9 Å². The molecule has 0 aromatic heterocycles. The smallest absolute Gasteiger partial charge is 0.339 e. The van der Waals surface area contributed by atoms with Crippen LogP contribution in [-0.2, 0) is 14.3 Å². The molecule has 1 aromatic carbocycles. The van der Waals surface area contributed by atoms with Crippen molar-refractivity contribution in [2.24, 2.45) is 0 Å². The second-order valence-corrected chi connectivity index (χ2v) is 5.32. The fraction of sp³-hybridized carbons (Fsp3) is 0.308. The number of ether oxygens (including phenoxy) is 1. The average molecular weight is 294 g/mol. The topological polar surface area (TPSA) is 84.5 Å². The summed E-state index contributed by atoms with van der Waals surface area (Å²) < 4.78 is 4.65. The van der Waals surface area contributed by atoms with Gasteiger partial charge in [-0.25, -0.2) is 4.79 Å². The Morgan fingerprint density at radius 2 is 2.20 bits per heavy atom. The summed E-state index contributed by atoms with van der Waals surface area (Å²) >= 11 is 1.39. The maximum Gasteiger partial charge on any atom is 0.339 e. The molecule has 0 bridgehead atoms. The summed E-state index contributed by atoms with van der Waals surface area (Å²) in [6.45, 7) is 0. The molecule has 2 rings (SSSR count). The van der Waals surface area contributed by atoms with Gasteiger partial charge in [-0.05, 0) is 12.1 Å². The molecule has 1 aromatic rings. The number of methoxy groups -OCH3 is 1. The Morgan fingerprint density at radius 1 is 1.45 bits per heavy atom. The number of carbonyl (C=O) groups excluding carboxylic acids is 3. The zero-order valence-electron chi connectivity index (χ0n) is 10.8. The molecule has 1 fully saturated rings. The van der Waals surface area contributed by atoms with E-state index in [1.54, 1.807) is 24.3 Å². The van der Waals surface area contributed by atoms with Gasteiger partial charge < -0.3 is 15.4 Å². The van der Waals surface area contributed by atoms with Gasteiger partial charge in [0.15, 0.2) is 0 Å². The summed E-state index contributed by atoms with van der Waals surface area (Å²) in [4.78, 5) is 34.9. The highest BCUT2D eigenvalue weighted by Crippen LogP contribution is 2.21. The maximum absolute atomic E-state index is 11.9. The van der Waals surface area contributed by atoms with E-state index in [0.717, 1.165) is 0 Å². The fourth-order valence-corrected chi connectivity index (χ4v) is 2.73. The number of benzene rings is 1. The first-order valence-electron chi connectivity index (χ1n) is 5.98. The Kier molecular flexibility index (Phi) is 4.62. The first kappa shape index (κ1) is 14.4. The first-order valence-corrected chi connectivity index (χ1v) is 7.03. The van der Waals surface area contributed by atoms with E-state index in [0.29, 0.717) is 11.6 Å². The minimum Gasteiger partial charge on any atom is -0.465 e. The van der Waals surface area contributed by atoms with Crippen LogP contribution in [0.1, 0.15) is 16.8 Å².